The van der Waals surface area contributed by atoms with Gasteiger partial charge in [0.15, 0.2) is 0 Å². The predicted molar refractivity (Wildman–Crippen MR) is 140 cm³/mol. The minimum Gasteiger partial charge on any atom is -0.382 e. The van der Waals surface area contributed by atoms with Crippen molar-refractivity contribution in [2.24, 2.45) is 0 Å². The zero-order valence-electron chi connectivity index (χ0n) is 20.6. The molecule has 2 N–H and O–H groups in total. The lowest BCUT2D eigenvalue weighted by Gasteiger charge is -2.31. The van der Waals surface area contributed by atoms with Crippen molar-refractivity contribution in [2.75, 3.05) is 5.32 Å². The zero-order chi connectivity index (χ0) is 24.6. The van der Waals surface area contributed by atoms with Gasteiger partial charge in [0.2, 0.25) is 5.91 Å². The van der Waals surface area contributed by atoms with Gasteiger partial charge in [-0.3, -0.25) is 4.79 Å². The Hall–Kier alpha value is -3.41. The first-order chi connectivity index (χ1) is 16.8. The van der Waals surface area contributed by atoms with Crippen molar-refractivity contribution in [3.8, 4) is 0 Å². The third kappa shape index (κ3) is 5.16. The number of nitrogens with one attached hydrogen (secondary N) is 2. The monoisotopic (exact) mass is 472 g/mol. The number of amides is 1. The van der Waals surface area contributed by atoms with Gasteiger partial charge in [-0.2, -0.15) is 0 Å². The zero-order valence-corrected chi connectivity index (χ0v) is 20.6. The SMILES string of the molecule is Cc1ccc2nc(C(C)(C)F)cc(NC3CCC(NC(=O)Cn4ccc5ccccc54)CC3)c2c1. The summed E-state index contributed by atoms with van der Waals surface area (Å²) in [7, 11) is 0. The number of pyridine rings is 1. The molecule has 1 amide bonds. The van der Waals surface area contributed by atoms with Crippen LogP contribution in [-0.4, -0.2) is 27.5 Å². The lowest BCUT2D eigenvalue weighted by atomic mass is 9.90. The number of rotatable bonds is 6. The third-order valence-corrected chi connectivity index (χ3v) is 7.02. The molecule has 5 rings (SSSR count). The molecule has 2 heterocycles. The fourth-order valence-electron chi connectivity index (χ4n) is 5.07. The van der Waals surface area contributed by atoms with Gasteiger partial charge in [0.25, 0.3) is 0 Å². The number of hydrogen-bond donors (Lipinski definition) is 2. The van der Waals surface area contributed by atoms with Crippen LogP contribution in [0.2, 0.25) is 0 Å². The van der Waals surface area contributed by atoms with E-state index >= 15 is 0 Å². The fraction of sp³-hybridized carbons (Fsp3) is 0.379. The van der Waals surface area contributed by atoms with Gasteiger partial charge in [-0.25, -0.2) is 9.37 Å². The number of anilines is 1. The molecule has 1 fully saturated rings. The van der Waals surface area contributed by atoms with Crippen molar-refractivity contribution in [1.29, 1.82) is 0 Å². The third-order valence-electron chi connectivity index (χ3n) is 7.02. The molecule has 0 saturated heterocycles. The number of halogens is 1. The molecule has 35 heavy (non-hydrogen) atoms. The molecule has 0 unspecified atom stereocenters. The standard InChI is InChI=1S/C29H33FN4O/c1-19-8-13-24-23(16-19)25(17-27(33-24)29(2,3)30)31-21-9-11-22(12-10-21)32-28(35)18-34-15-14-20-6-4-5-7-26(20)34/h4-8,13-17,21-22H,9-12,18H2,1-3H3,(H,31,33)(H,32,35). The van der Waals surface area contributed by atoms with Gasteiger partial charge < -0.3 is 15.2 Å². The number of nitrogens with zero attached hydrogens (tertiary/aromatic N) is 2. The van der Waals surface area contributed by atoms with E-state index in [9.17, 15) is 9.18 Å². The maximum absolute atomic E-state index is 14.7. The highest BCUT2D eigenvalue weighted by molar-refractivity contribution is 5.92. The molecule has 5 nitrogen and oxygen atoms in total. The second-order valence-electron chi connectivity index (χ2n) is 10.3. The summed E-state index contributed by atoms with van der Waals surface area (Å²) >= 11 is 0. The molecule has 2 aromatic carbocycles. The Morgan fingerprint density at radius 2 is 1.80 bits per heavy atom. The lowest BCUT2D eigenvalue weighted by molar-refractivity contribution is -0.122. The molecule has 4 aromatic rings. The number of aryl methyl sites for hydroxylation is 1. The summed E-state index contributed by atoms with van der Waals surface area (Å²) in [4.78, 5) is 17.3. The fourth-order valence-corrected chi connectivity index (χ4v) is 5.07. The highest BCUT2D eigenvalue weighted by Crippen LogP contribution is 2.33. The quantitative estimate of drug-likeness (QED) is 0.349. The molecule has 0 radical (unpaired) electrons. The van der Waals surface area contributed by atoms with Crippen molar-refractivity contribution in [2.45, 2.75) is 70.8 Å². The first kappa shape index (κ1) is 23.3. The van der Waals surface area contributed by atoms with E-state index in [2.05, 4.69) is 34.7 Å². The summed E-state index contributed by atoms with van der Waals surface area (Å²) in [6.45, 7) is 5.48. The van der Waals surface area contributed by atoms with Gasteiger partial charge in [-0.05, 0) is 82.2 Å². The summed E-state index contributed by atoms with van der Waals surface area (Å²) in [6.07, 6.45) is 5.69. The maximum atomic E-state index is 14.7. The molecule has 1 aliphatic rings. The first-order valence-corrected chi connectivity index (χ1v) is 12.5. The second-order valence-corrected chi connectivity index (χ2v) is 10.3. The number of para-hydroxylation sites is 1. The highest BCUT2D eigenvalue weighted by atomic mass is 19.1. The Bertz CT molecular complexity index is 1360. The molecular formula is C29H33FN4O. The number of alkyl halides is 1. The van der Waals surface area contributed by atoms with E-state index in [0.717, 1.165) is 58.7 Å². The van der Waals surface area contributed by atoms with Crippen molar-refractivity contribution < 1.29 is 9.18 Å². The van der Waals surface area contributed by atoms with Gasteiger partial charge in [-0.15, -0.1) is 0 Å². The average molecular weight is 473 g/mol. The molecular weight excluding hydrogens is 439 g/mol. The van der Waals surface area contributed by atoms with E-state index in [-0.39, 0.29) is 18.0 Å². The van der Waals surface area contributed by atoms with Gasteiger partial charge in [0.05, 0.1) is 11.2 Å². The molecule has 6 heteroatoms. The molecule has 2 aromatic heterocycles. The molecule has 0 aliphatic heterocycles. The normalized spacial score (nSPS) is 18.6. The Kier molecular flexibility index (Phi) is 6.22. The largest absolute Gasteiger partial charge is 0.382 e. The number of carbonyl (C=O) groups is 1. The number of fused-ring (bicyclic) bond motifs is 2. The van der Waals surface area contributed by atoms with Crippen LogP contribution < -0.4 is 10.6 Å². The number of carbonyl (C=O) groups excluding carboxylic acids is 1. The van der Waals surface area contributed by atoms with Gasteiger partial charge >= 0.3 is 0 Å². The highest BCUT2D eigenvalue weighted by Gasteiger charge is 2.26. The average Bonchev–Trinajstić information content (AvgIpc) is 3.22. The Labute approximate surface area is 205 Å². The Morgan fingerprint density at radius 1 is 1.06 bits per heavy atom. The van der Waals surface area contributed by atoms with E-state index < -0.39 is 5.67 Å². The van der Waals surface area contributed by atoms with Crippen LogP contribution in [0, 0.1) is 6.92 Å². The number of aromatic nitrogens is 2. The smallest absolute Gasteiger partial charge is 0.240 e. The second kappa shape index (κ2) is 9.33. The molecule has 182 valence electrons. The van der Waals surface area contributed by atoms with Gasteiger partial charge in [-0.1, -0.05) is 29.8 Å². The van der Waals surface area contributed by atoms with Crippen LogP contribution in [0.25, 0.3) is 21.8 Å². The summed E-state index contributed by atoms with van der Waals surface area (Å²) < 4.78 is 16.7. The van der Waals surface area contributed by atoms with Crippen molar-refractivity contribution in [3.63, 3.8) is 0 Å². The van der Waals surface area contributed by atoms with Gasteiger partial charge in [0.1, 0.15) is 12.2 Å². The van der Waals surface area contributed by atoms with E-state index in [1.54, 1.807) is 13.8 Å². The van der Waals surface area contributed by atoms with Crippen molar-refractivity contribution in [3.05, 3.63) is 72.1 Å². The van der Waals surface area contributed by atoms with E-state index in [1.807, 2.05) is 53.2 Å². The summed E-state index contributed by atoms with van der Waals surface area (Å²) in [5, 5.41) is 9.06. The molecule has 0 bridgehead atoms. The van der Waals surface area contributed by atoms with Crippen molar-refractivity contribution >= 4 is 33.4 Å². The molecule has 0 atom stereocenters. The minimum absolute atomic E-state index is 0.0492. The topological polar surface area (TPSA) is 59.0 Å². The first-order valence-electron chi connectivity index (χ1n) is 12.5. The van der Waals surface area contributed by atoms with Crippen LogP contribution in [0.3, 0.4) is 0 Å². The van der Waals surface area contributed by atoms with E-state index in [1.165, 1.54) is 0 Å². The van der Waals surface area contributed by atoms with Crippen LogP contribution in [0.15, 0.2) is 60.8 Å². The number of hydrogen-bond acceptors (Lipinski definition) is 3. The summed E-state index contributed by atoms with van der Waals surface area (Å²) in [5.41, 5.74) is 2.89. The minimum atomic E-state index is -1.51. The molecule has 1 aliphatic carbocycles. The van der Waals surface area contributed by atoms with Gasteiger partial charge in [0, 0.05) is 34.9 Å². The van der Waals surface area contributed by atoms with E-state index in [0.29, 0.717) is 12.2 Å². The molecule has 1 saturated carbocycles. The van der Waals surface area contributed by atoms with Crippen LogP contribution >= 0.6 is 0 Å². The summed E-state index contributed by atoms with van der Waals surface area (Å²) in [6, 6.07) is 18.5. The predicted octanol–water partition coefficient (Wildman–Crippen LogP) is 6.24. The van der Waals surface area contributed by atoms with Crippen LogP contribution in [-0.2, 0) is 17.0 Å². The lowest BCUT2D eigenvalue weighted by Crippen LogP contribution is -2.41. The maximum Gasteiger partial charge on any atom is 0.240 e. The van der Waals surface area contributed by atoms with Crippen LogP contribution in [0.5, 0.6) is 0 Å². The van der Waals surface area contributed by atoms with Crippen LogP contribution in [0.1, 0.15) is 50.8 Å². The van der Waals surface area contributed by atoms with E-state index in [4.69, 9.17) is 0 Å². The Balaban J connectivity index is 1.22. The molecule has 0 spiro atoms. The van der Waals surface area contributed by atoms with Crippen LogP contribution in [0.4, 0.5) is 10.1 Å². The van der Waals surface area contributed by atoms with Crippen molar-refractivity contribution in [1.82, 2.24) is 14.9 Å². The number of benzene rings is 2. The Morgan fingerprint density at radius 3 is 2.57 bits per heavy atom. The summed E-state index contributed by atoms with van der Waals surface area (Å²) in [5.74, 6) is 0.0492.